The first-order chi connectivity index (χ1) is 11.5. The molecule has 1 aliphatic rings. The number of rotatable bonds is 13. The maximum Gasteiger partial charge on any atom is 0.303 e. The minimum Gasteiger partial charge on any atom is -0.481 e. The number of carboxylic acids is 1. The van der Waals surface area contributed by atoms with Crippen LogP contribution in [0.2, 0.25) is 0 Å². The highest BCUT2D eigenvalue weighted by Crippen LogP contribution is 2.38. The number of hydrogen-bond donors (Lipinski definition) is 3. The van der Waals surface area contributed by atoms with Crippen LogP contribution in [-0.4, -0.2) is 33.5 Å². The van der Waals surface area contributed by atoms with E-state index in [0.29, 0.717) is 18.3 Å². The van der Waals surface area contributed by atoms with E-state index in [2.05, 4.69) is 13.0 Å². The van der Waals surface area contributed by atoms with Crippen molar-refractivity contribution >= 4 is 5.97 Å². The summed E-state index contributed by atoms with van der Waals surface area (Å²) in [6.45, 7) is 2.17. The van der Waals surface area contributed by atoms with Gasteiger partial charge in [0.15, 0.2) is 0 Å². The van der Waals surface area contributed by atoms with E-state index < -0.39 is 5.97 Å². The average Bonchev–Trinajstić information content (AvgIpc) is 2.89. The van der Waals surface area contributed by atoms with Crippen LogP contribution in [0.4, 0.5) is 0 Å². The Labute approximate surface area is 147 Å². The van der Waals surface area contributed by atoms with E-state index in [-0.39, 0.29) is 18.6 Å². The van der Waals surface area contributed by atoms with Crippen molar-refractivity contribution in [3.8, 4) is 0 Å². The Hall–Kier alpha value is -0.870. The van der Waals surface area contributed by atoms with Crippen molar-refractivity contribution in [3.05, 3.63) is 12.2 Å². The van der Waals surface area contributed by atoms with E-state index in [4.69, 9.17) is 5.11 Å². The molecule has 0 heterocycles. The maximum atomic E-state index is 10.5. The molecule has 3 N–H and O–H groups in total. The van der Waals surface area contributed by atoms with Crippen LogP contribution in [0.5, 0.6) is 0 Å². The minimum absolute atomic E-state index is 0.193. The summed E-state index contributed by atoms with van der Waals surface area (Å²) >= 11 is 0. The van der Waals surface area contributed by atoms with Gasteiger partial charge in [0.25, 0.3) is 0 Å². The van der Waals surface area contributed by atoms with Crippen LogP contribution in [0.25, 0.3) is 0 Å². The normalized spacial score (nSPS) is 25.4. The molecular weight excluding hydrogens is 304 g/mol. The smallest absolute Gasteiger partial charge is 0.303 e. The molecule has 1 saturated carbocycles. The van der Waals surface area contributed by atoms with Crippen LogP contribution < -0.4 is 0 Å². The van der Waals surface area contributed by atoms with Gasteiger partial charge in [0.1, 0.15) is 0 Å². The molecule has 24 heavy (non-hydrogen) atoms. The van der Waals surface area contributed by atoms with Gasteiger partial charge >= 0.3 is 5.97 Å². The third-order valence-electron chi connectivity index (χ3n) is 5.28. The molecule has 0 aliphatic heterocycles. The molecule has 0 amide bonds. The van der Waals surface area contributed by atoms with Gasteiger partial charge in [-0.05, 0) is 63.2 Å². The van der Waals surface area contributed by atoms with Gasteiger partial charge in [-0.2, -0.15) is 0 Å². The summed E-state index contributed by atoms with van der Waals surface area (Å²) in [4.78, 5) is 10.5. The third kappa shape index (κ3) is 8.84. The second-order valence-corrected chi connectivity index (χ2v) is 7.29. The Morgan fingerprint density at radius 2 is 1.96 bits per heavy atom. The first kappa shape index (κ1) is 21.2. The minimum atomic E-state index is -0.743. The van der Waals surface area contributed by atoms with E-state index in [9.17, 15) is 15.0 Å². The van der Waals surface area contributed by atoms with Crippen LogP contribution in [0.1, 0.15) is 84.0 Å². The van der Waals surface area contributed by atoms with Gasteiger partial charge in [0.05, 0.1) is 12.2 Å². The molecule has 1 fully saturated rings. The zero-order valence-corrected chi connectivity index (χ0v) is 15.2. The lowest BCUT2D eigenvalue weighted by Crippen LogP contribution is -2.20. The summed E-state index contributed by atoms with van der Waals surface area (Å²) in [6.07, 6.45) is 14.4. The molecule has 0 aromatic carbocycles. The van der Waals surface area contributed by atoms with Crippen molar-refractivity contribution in [2.24, 2.45) is 11.8 Å². The number of unbranched alkanes of at least 4 members (excludes halogenated alkanes) is 3. The van der Waals surface area contributed by atoms with Gasteiger partial charge in [-0.1, -0.05) is 38.3 Å². The van der Waals surface area contributed by atoms with Crippen LogP contribution in [0.3, 0.4) is 0 Å². The summed E-state index contributed by atoms with van der Waals surface area (Å²) < 4.78 is 0. The standard InChI is InChI=1S/C20H36O4/c1-2-3-6-9-17(21)14-12-16-13-15-19(22)18(16)10-7-4-5-8-11-20(23)24/h4,7,16-19,21-22H,2-3,5-6,8-15H2,1H3,(H,23,24)/t16?,17?,18-,19+/m1/s1. The fourth-order valence-corrected chi connectivity index (χ4v) is 3.76. The molecule has 1 rings (SSSR count). The summed E-state index contributed by atoms with van der Waals surface area (Å²) in [5.41, 5.74) is 0. The number of aliphatic carboxylic acids is 1. The first-order valence-electron chi connectivity index (χ1n) is 9.77. The number of hydrogen-bond acceptors (Lipinski definition) is 3. The lowest BCUT2D eigenvalue weighted by molar-refractivity contribution is -0.137. The molecule has 1 aliphatic carbocycles. The summed E-state index contributed by atoms with van der Waals surface area (Å²) in [5.74, 6) is 0.0558. The van der Waals surface area contributed by atoms with Crippen LogP contribution in [0.15, 0.2) is 12.2 Å². The first-order valence-corrected chi connectivity index (χ1v) is 9.77. The topological polar surface area (TPSA) is 77.8 Å². The van der Waals surface area contributed by atoms with Crippen LogP contribution in [-0.2, 0) is 4.79 Å². The fraction of sp³-hybridized carbons (Fsp3) is 0.850. The van der Waals surface area contributed by atoms with Gasteiger partial charge in [-0.15, -0.1) is 0 Å². The highest BCUT2D eigenvalue weighted by Gasteiger charge is 2.33. The van der Waals surface area contributed by atoms with Crippen molar-refractivity contribution < 1.29 is 20.1 Å². The highest BCUT2D eigenvalue weighted by atomic mass is 16.4. The van der Waals surface area contributed by atoms with Gasteiger partial charge in [0, 0.05) is 6.42 Å². The molecule has 4 heteroatoms. The van der Waals surface area contributed by atoms with Gasteiger partial charge in [-0.25, -0.2) is 0 Å². The molecule has 0 radical (unpaired) electrons. The second-order valence-electron chi connectivity index (χ2n) is 7.29. The fourth-order valence-electron chi connectivity index (χ4n) is 3.76. The number of aliphatic hydroxyl groups excluding tert-OH is 2. The Morgan fingerprint density at radius 3 is 2.67 bits per heavy atom. The Balaban J connectivity index is 2.26. The zero-order chi connectivity index (χ0) is 17.8. The molecule has 0 spiro atoms. The number of aliphatic hydroxyl groups is 2. The third-order valence-corrected chi connectivity index (χ3v) is 5.28. The lowest BCUT2D eigenvalue weighted by atomic mass is 9.86. The van der Waals surface area contributed by atoms with Crippen LogP contribution >= 0.6 is 0 Å². The van der Waals surface area contributed by atoms with Crippen LogP contribution in [0, 0.1) is 11.8 Å². The SMILES string of the molecule is CCCCCC(O)CCC1CC[C@H](O)[C@@H]1CC=CCCCC(=O)O. The quantitative estimate of drug-likeness (QED) is 0.345. The molecule has 4 atom stereocenters. The highest BCUT2D eigenvalue weighted by molar-refractivity contribution is 5.66. The van der Waals surface area contributed by atoms with Gasteiger partial charge in [0.2, 0.25) is 0 Å². The van der Waals surface area contributed by atoms with Gasteiger partial charge in [-0.3, -0.25) is 4.79 Å². The average molecular weight is 341 g/mol. The Morgan fingerprint density at radius 1 is 1.17 bits per heavy atom. The molecular formula is C20H36O4. The molecule has 0 saturated heterocycles. The predicted molar refractivity (Wildman–Crippen MR) is 96.8 cm³/mol. The Kier molecular flexibility index (Phi) is 11.0. The van der Waals surface area contributed by atoms with E-state index >= 15 is 0 Å². The summed E-state index contributed by atoms with van der Waals surface area (Å²) in [5, 5.41) is 28.9. The molecule has 0 bridgehead atoms. The zero-order valence-electron chi connectivity index (χ0n) is 15.2. The molecule has 140 valence electrons. The molecule has 2 unspecified atom stereocenters. The summed E-state index contributed by atoms with van der Waals surface area (Å²) in [6, 6.07) is 0. The van der Waals surface area contributed by atoms with E-state index in [1.54, 1.807) is 0 Å². The largest absolute Gasteiger partial charge is 0.481 e. The monoisotopic (exact) mass is 340 g/mol. The molecule has 0 aromatic heterocycles. The Bertz CT molecular complexity index is 367. The van der Waals surface area contributed by atoms with Crippen molar-refractivity contribution in [2.45, 2.75) is 96.2 Å². The van der Waals surface area contributed by atoms with Crippen molar-refractivity contribution in [1.82, 2.24) is 0 Å². The van der Waals surface area contributed by atoms with Crippen molar-refractivity contribution in [2.75, 3.05) is 0 Å². The van der Waals surface area contributed by atoms with Gasteiger partial charge < -0.3 is 15.3 Å². The lowest BCUT2D eigenvalue weighted by Gasteiger charge is -2.22. The number of carbonyl (C=O) groups is 1. The molecule has 0 aromatic rings. The second kappa shape index (κ2) is 12.5. The van der Waals surface area contributed by atoms with Crippen molar-refractivity contribution in [3.63, 3.8) is 0 Å². The maximum absolute atomic E-state index is 10.5. The van der Waals surface area contributed by atoms with Crippen molar-refractivity contribution in [1.29, 1.82) is 0 Å². The predicted octanol–water partition coefficient (Wildman–Crippen LogP) is 4.30. The molecule has 4 nitrogen and oxygen atoms in total. The van der Waals surface area contributed by atoms with E-state index in [0.717, 1.165) is 51.4 Å². The van der Waals surface area contributed by atoms with E-state index in [1.807, 2.05) is 6.08 Å². The number of allylic oxidation sites excluding steroid dienone is 2. The summed E-state index contributed by atoms with van der Waals surface area (Å²) in [7, 11) is 0. The van der Waals surface area contributed by atoms with E-state index in [1.165, 1.54) is 12.8 Å². The number of carboxylic acid groups (broad SMARTS) is 1.